The molecule has 12 rings (SSSR count). The van der Waals surface area contributed by atoms with Crippen molar-refractivity contribution >= 4 is 21.5 Å². The quantitative estimate of drug-likeness (QED) is 0.181. The van der Waals surface area contributed by atoms with E-state index in [4.69, 9.17) is 15.0 Å². The van der Waals surface area contributed by atoms with Gasteiger partial charge in [0, 0.05) is 22.1 Å². The SMILES string of the molecule is c1ccc(-c2nc(-c3ccc4c(c3)-c3ccccc3C43c4ccccc4-c4ccccc43)nc(-c3cccc4cccc(-c5cccc6ccccc56)c34)n2)cc1. The van der Waals surface area contributed by atoms with Crippen molar-refractivity contribution in [3.8, 4) is 67.5 Å². The van der Waals surface area contributed by atoms with Crippen molar-refractivity contribution in [3.63, 3.8) is 0 Å². The molecular formula is C54H33N3. The third-order valence-corrected chi connectivity index (χ3v) is 12.1. The summed E-state index contributed by atoms with van der Waals surface area (Å²) in [6.45, 7) is 0. The van der Waals surface area contributed by atoms with Crippen molar-refractivity contribution in [1.29, 1.82) is 0 Å². The molecule has 57 heavy (non-hydrogen) atoms. The van der Waals surface area contributed by atoms with Crippen LogP contribution in [0.25, 0.3) is 89.1 Å². The molecule has 10 aromatic rings. The number of fused-ring (bicyclic) bond motifs is 12. The molecule has 0 aliphatic heterocycles. The van der Waals surface area contributed by atoms with E-state index in [9.17, 15) is 0 Å². The molecule has 0 unspecified atom stereocenters. The Morgan fingerprint density at radius 2 is 0.754 bits per heavy atom. The monoisotopic (exact) mass is 723 g/mol. The van der Waals surface area contributed by atoms with Gasteiger partial charge in [-0.05, 0) is 77.9 Å². The number of benzene rings is 9. The van der Waals surface area contributed by atoms with Gasteiger partial charge in [0.15, 0.2) is 17.5 Å². The molecule has 3 nitrogen and oxygen atoms in total. The molecule has 0 atom stereocenters. The topological polar surface area (TPSA) is 38.7 Å². The standard InChI is InChI=1S/C54H33N3/c1-2-16-36(17-3-1)51-55-52(57-53(56-51)44-27-14-20-35-19-13-26-43(50(35)44)39-25-12-18-34-15-4-5-21-38(34)39)37-31-32-49-45(33-37)42-24-8-11-30-48(42)54(49)46-28-9-6-22-40(46)41-23-7-10-29-47(41)54/h1-33H. The molecule has 2 aliphatic carbocycles. The number of hydrogen-bond acceptors (Lipinski definition) is 3. The molecule has 2 aliphatic rings. The van der Waals surface area contributed by atoms with E-state index in [1.54, 1.807) is 0 Å². The molecule has 0 fully saturated rings. The van der Waals surface area contributed by atoms with Gasteiger partial charge >= 0.3 is 0 Å². The van der Waals surface area contributed by atoms with Crippen LogP contribution in [0.5, 0.6) is 0 Å². The molecule has 0 N–H and O–H groups in total. The minimum Gasteiger partial charge on any atom is -0.208 e. The van der Waals surface area contributed by atoms with Crippen molar-refractivity contribution in [2.45, 2.75) is 5.41 Å². The Bertz CT molecular complexity index is 3200. The Morgan fingerprint density at radius 1 is 0.281 bits per heavy atom. The Balaban J connectivity index is 1.10. The van der Waals surface area contributed by atoms with Gasteiger partial charge in [0.25, 0.3) is 0 Å². The zero-order valence-electron chi connectivity index (χ0n) is 30.9. The van der Waals surface area contributed by atoms with Crippen LogP contribution >= 0.6 is 0 Å². The summed E-state index contributed by atoms with van der Waals surface area (Å²) in [4.78, 5) is 15.8. The molecule has 0 saturated carbocycles. The third-order valence-electron chi connectivity index (χ3n) is 12.1. The number of nitrogens with zero attached hydrogens (tertiary/aromatic N) is 3. The molecule has 0 bridgehead atoms. The fourth-order valence-electron chi connectivity index (χ4n) is 9.79. The first-order valence-corrected chi connectivity index (χ1v) is 19.5. The molecule has 3 heteroatoms. The lowest BCUT2D eigenvalue weighted by molar-refractivity contribution is 0.794. The molecule has 0 saturated heterocycles. The summed E-state index contributed by atoms with van der Waals surface area (Å²) in [5.41, 5.74) is 15.1. The van der Waals surface area contributed by atoms with Gasteiger partial charge in [-0.2, -0.15) is 0 Å². The number of aromatic nitrogens is 3. The second-order valence-corrected chi connectivity index (χ2v) is 15.1. The Hall–Kier alpha value is -7.49. The summed E-state index contributed by atoms with van der Waals surface area (Å²) >= 11 is 0. The fraction of sp³-hybridized carbons (Fsp3) is 0.0185. The van der Waals surface area contributed by atoms with Gasteiger partial charge in [0.05, 0.1) is 5.41 Å². The van der Waals surface area contributed by atoms with E-state index in [1.807, 2.05) is 18.2 Å². The highest BCUT2D eigenvalue weighted by molar-refractivity contribution is 6.10. The van der Waals surface area contributed by atoms with Crippen LogP contribution in [0.4, 0.5) is 0 Å². The Morgan fingerprint density at radius 3 is 1.46 bits per heavy atom. The first kappa shape index (κ1) is 31.8. The van der Waals surface area contributed by atoms with Gasteiger partial charge in [0.2, 0.25) is 0 Å². The lowest BCUT2D eigenvalue weighted by Gasteiger charge is -2.30. The first-order chi connectivity index (χ1) is 28.3. The van der Waals surface area contributed by atoms with Crippen molar-refractivity contribution in [3.05, 3.63) is 222 Å². The van der Waals surface area contributed by atoms with Gasteiger partial charge in [-0.1, -0.05) is 194 Å². The van der Waals surface area contributed by atoms with E-state index < -0.39 is 5.41 Å². The summed E-state index contributed by atoms with van der Waals surface area (Å²) in [5.74, 6) is 1.94. The van der Waals surface area contributed by atoms with Crippen LogP contribution in [-0.4, -0.2) is 15.0 Å². The molecule has 264 valence electrons. The fourth-order valence-corrected chi connectivity index (χ4v) is 9.79. The lowest BCUT2D eigenvalue weighted by Crippen LogP contribution is -2.25. The summed E-state index contributed by atoms with van der Waals surface area (Å²) in [6, 6.07) is 72.0. The normalized spacial score (nSPS) is 13.1. The second-order valence-electron chi connectivity index (χ2n) is 15.1. The summed E-state index contributed by atoms with van der Waals surface area (Å²) in [5, 5.41) is 4.68. The molecule has 9 aromatic carbocycles. The smallest absolute Gasteiger partial charge is 0.164 e. The van der Waals surface area contributed by atoms with Crippen LogP contribution in [0, 0.1) is 0 Å². The second kappa shape index (κ2) is 12.3. The van der Waals surface area contributed by atoms with Crippen LogP contribution in [0.15, 0.2) is 200 Å². The molecule has 1 spiro atoms. The van der Waals surface area contributed by atoms with Gasteiger partial charge in [-0.3, -0.25) is 0 Å². The maximum Gasteiger partial charge on any atom is 0.164 e. The van der Waals surface area contributed by atoms with Crippen LogP contribution < -0.4 is 0 Å². The minimum atomic E-state index is -0.405. The van der Waals surface area contributed by atoms with E-state index in [2.05, 4.69) is 182 Å². The number of rotatable bonds is 4. The van der Waals surface area contributed by atoms with E-state index in [1.165, 1.54) is 60.8 Å². The molecule has 1 aromatic heterocycles. The predicted molar refractivity (Wildman–Crippen MR) is 233 cm³/mol. The molecular weight excluding hydrogens is 691 g/mol. The average molecular weight is 724 g/mol. The van der Waals surface area contributed by atoms with Crippen molar-refractivity contribution in [1.82, 2.24) is 15.0 Å². The highest BCUT2D eigenvalue weighted by Gasteiger charge is 2.51. The van der Waals surface area contributed by atoms with Crippen molar-refractivity contribution in [2.24, 2.45) is 0 Å². The zero-order valence-corrected chi connectivity index (χ0v) is 30.9. The van der Waals surface area contributed by atoms with Gasteiger partial charge in [-0.15, -0.1) is 0 Å². The average Bonchev–Trinajstić information content (AvgIpc) is 3.76. The maximum atomic E-state index is 5.37. The third kappa shape index (κ3) is 4.57. The first-order valence-electron chi connectivity index (χ1n) is 19.5. The highest BCUT2D eigenvalue weighted by atomic mass is 15.0. The molecule has 0 radical (unpaired) electrons. The maximum absolute atomic E-state index is 5.37. The summed E-state index contributed by atoms with van der Waals surface area (Å²) < 4.78 is 0. The Labute approximate surface area is 330 Å². The van der Waals surface area contributed by atoms with Crippen LogP contribution in [0.2, 0.25) is 0 Å². The van der Waals surface area contributed by atoms with Gasteiger partial charge in [0.1, 0.15) is 0 Å². The molecule has 0 amide bonds. The highest BCUT2D eigenvalue weighted by Crippen LogP contribution is 2.62. The Kier molecular flexibility index (Phi) is 6.84. The molecule has 1 heterocycles. The van der Waals surface area contributed by atoms with E-state index in [0.717, 1.165) is 33.0 Å². The zero-order chi connectivity index (χ0) is 37.5. The van der Waals surface area contributed by atoms with Crippen molar-refractivity contribution in [2.75, 3.05) is 0 Å². The van der Waals surface area contributed by atoms with Crippen LogP contribution in [-0.2, 0) is 5.41 Å². The van der Waals surface area contributed by atoms with E-state index >= 15 is 0 Å². The lowest BCUT2D eigenvalue weighted by atomic mass is 9.70. The van der Waals surface area contributed by atoms with Gasteiger partial charge < -0.3 is 0 Å². The predicted octanol–water partition coefficient (Wildman–Crippen LogP) is 13.2. The summed E-state index contributed by atoms with van der Waals surface area (Å²) in [7, 11) is 0. The van der Waals surface area contributed by atoms with Crippen molar-refractivity contribution < 1.29 is 0 Å². The number of hydrogen-bond donors (Lipinski definition) is 0. The van der Waals surface area contributed by atoms with E-state index in [-0.39, 0.29) is 0 Å². The van der Waals surface area contributed by atoms with Crippen LogP contribution in [0.3, 0.4) is 0 Å². The van der Waals surface area contributed by atoms with Crippen LogP contribution in [0.1, 0.15) is 22.3 Å². The van der Waals surface area contributed by atoms with Gasteiger partial charge in [-0.25, -0.2) is 15.0 Å². The summed E-state index contributed by atoms with van der Waals surface area (Å²) in [6.07, 6.45) is 0. The largest absolute Gasteiger partial charge is 0.208 e. The van der Waals surface area contributed by atoms with E-state index in [0.29, 0.717) is 17.5 Å². The minimum absolute atomic E-state index is 0.405.